The predicted molar refractivity (Wildman–Crippen MR) is 211 cm³/mol. The molecule has 0 fully saturated rings. The van der Waals surface area contributed by atoms with Crippen molar-refractivity contribution in [3.8, 4) is 11.1 Å². The number of fused-ring (bicyclic) bond motifs is 3. The van der Waals surface area contributed by atoms with Gasteiger partial charge in [-0.2, -0.15) is 0 Å². The van der Waals surface area contributed by atoms with Gasteiger partial charge in [-0.3, -0.25) is 0 Å². The normalized spacial score (nSPS) is 15.3. The van der Waals surface area contributed by atoms with Gasteiger partial charge >= 0.3 is 308 Å². The van der Waals surface area contributed by atoms with Crippen LogP contribution in [0, 0.1) is 25.2 Å². The van der Waals surface area contributed by atoms with E-state index in [1.165, 1.54) is 50.1 Å². The fourth-order valence-electron chi connectivity index (χ4n) is 8.02. The maximum atomic E-state index is 2.70. The van der Waals surface area contributed by atoms with Crippen LogP contribution >= 0.6 is 0 Å². The Labute approximate surface area is 330 Å². The molecule has 6 rings (SSSR count). The molecule has 0 bridgehead atoms. The van der Waals surface area contributed by atoms with Crippen LogP contribution in [0.2, 0.25) is 0 Å². The zero-order chi connectivity index (χ0) is 35.6. The quantitative estimate of drug-likeness (QED) is 0.197. The molecule has 0 amide bonds. The van der Waals surface area contributed by atoms with Gasteiger partial charge in [0.15, 0.2) is 0 Å². The second kappa shape index (κ2) is 15.2. The van der Waals surface area contributed by atoms with E-state index in [1.54, 1.807) is 26.5 Å². The summed E-state index contributed by atoms with van der Waals surface area (Å²) >= 11 is -2.97. The summed E-state index contributed by atoms with van der Waals surface area (Å²) in [6, 6.07) is 31.6. The van der Waals surface area contributed by atoms with Crippen LogP contribution in [0.3, 0.4) is 0 Å². The Bertz CT molecular complexity index is 1970. The zero-order valence-corrected chi connectivity index (χ0v) is 37.3. The van der Waals surface area contributed by atoms with Gasteiger partial charge in [-0.1, -0.05) is 0 Å². The monoisotopic (exact) mass is 794 g/mol. The molecule has 0 saturated carbocycles. The second-order valence-corrected chi connectivity index (χ2v) is 23.7. The average molecular weight is 797 g/mol. The van der Waals surface area contributed by atoms with E-state index in [4.69, 9.17) is 0 Å². The first-order valence-corrected chi connectivity index (χ1v) is 22.2. The summed E-state index contributed by atoms with van der Waals surface area (Å²) in [5.74, 6) is 0.426. The van der Waals surface area contributed by atoms with Crippen LogP contribution in [-0.2, 0) is 38.5 Å². The Morgan fingerprint density at radius 2 is 1.16 bits per heavy atom. The molecule has 0 aliphatic heterocycles. The summed E-state index contributed by atoms with van der Waals surface area (Å²) < 4.78 is 5.09. The van der Waals surface area contributed by atoms with Crippen molar-refractivity contribution in [2.24, 2.45) is 11.3 Å². The van der Waals surface area contributed by atoms with Gasteiger partial charge in [-0.25, -0.2) is 0 Å². The van der Waals surface area contributed by atoms with Crippen LogP contribution in [0.1, 0.15) is 127 Å². The molecule has 0 radical (unpaired) electrons. The molecule has 0 N–H and O–H groups in total. The van der Waals surface area contributed by atoms with Crippen LogP contribution in [0.4, 0.5) is 0 Å². The minimum atomic E-state index is -2.97. The molecule has 0 heterocycles. The number of aryl methyl sites for hydroxylation is 2. The Morgan fingerprint density at radius 3 is 1.63 bits per heavy atom. The van der Waals surface area contributed by atoms with Gasteiger partial charge < -0.3 is 24.8 Å². The fourth-order valence-corrected chi connectivity index (χ4v) is 17.2. The van der Waals surface area contributed by atoms with E-state index >= 15 is 0 Å². The van der Waals surface area contributed by atoms with Crippen molar-refractivity contribution in [2.45, 2.75) is 114 Å². The smallest absolute Gasteiger partial charge is 1.00 e. The van der Waals surface area contributed by atoms with E-state index in [1.807, 2.05) is 0 Å². The first kappa shape index (κ1) is 41.4. The molecule has 0 spiro atoms. The Hall–Kier alpha value is -2.31. The van der Waals surface area contributed by atoms with Crippen molar-refractivity contribution in [3.05, 3.63) is 144 Å². The first-order chi connectivity index (χ1) is 22.9. The van der Waals surface area contributed by atoms with Gasteiger partial charge in [0.25, 0.3) is 0 Å². The molecule has 2 aliphatic carbocycles. The SMILES string of the molecule is CCC1=[C]([Zr+2](=[C](c2ccc(C)cc2)c2ccc(C)cc2)[c]2cc(C(C)(C)C)cc3c2Cc2ccc(C(C)(C)C)cc2-3)C(C)C=C1C(C)(C)C.[Cl-].[Cl-]. The minimum absolute atomic E-state index is 0. The zero-order valence-electron chi connectivity index (χ0n) is 33.3. The van der Waals surface area contributed by atoms with Gasteiger partial charge in [0.1, 0.15) is 0 Å². The van der Waals surface area contributed by atoms with Crippen molar-refractivity contribution < 1.29 is 46.1 Å². The average Bonchev–Trinajstić information content (AvgIpc) is 3.57. The van der Waals surface area contributed by atoms with Gasteiger partial charge in [0, 0.05) is 0 Å². The molecule has 3 heteroatoms. The molecule has 1 unspecified atom stereocenters. The van der Waals surface area contributed by atoms with Crippen molar-refractivity contribution >= 4 is 6.48 Å². The predicted octanol–water partition coefficient (Wildman–Crippen LogP) is 6.28. The summed E-state index contributed by atoms with van der Waals surface area (Å²) in [6.07, 6.45) is 4.75. The van der Waals surface area contributed by atoms with Crippen LogP contribution in [0.15, 0.2) is 99.4 Å². The standard InChI is InChI=1S/C21H25.C15H14.C12H19.2ClH.Zr/c1-20(2,3)16-9-7-14-11-15-8-10-17(21(4,5)6)13-19(15)18(14)12-16;1-12-3-7-14(8-4-12)11-15-9-5-13(2)6-10-15;1-6-10-7-9(2)8-11(10)12(3,4)5;;;/h7,9-10,12-13H,11H2,1-6H3;3-10H,1-2H3;8-9H,6H2,1-5H3;2*1H;/q;;;;;+2/p-2. The van der Waals surface area contributed by atoms with Crippen molar-refractivity contribution in [1.29, 1.82) is 0 Å². The third kappa shape index (κ3) is 8.13. The summed E-state index contributed by atoms with van der Waals surface area (Å²) in [4.78, 5) is 0. The van der Waals surface area contributed by atoms with Crippen molar-refractivity contribution in [2.75, 3.05) is 0 Å². The topological polar surface area (TPSA) is 0 Å². The molecular formula is C48H58Cl2Zr. The Balaban J connectivity index is 0.00000292. The molecular weight excluding hydrogens is 739 g/mol. The fraction of sp³-hybridized carbons (Fsp3) is 0.396. The molecule has 0 saturated heterocycles. The van der Waals surface area contributed by atoms with Gasteiger partial charge in [-0.15, -0.1) is 0 Å². The van der Waals surface area contributed by atoms with E-state index < -0.39 is 21.3 Å². The maximum absolute atomic E-state index is 2.97. The molecule has 2 aliphatic rings. The van der Waals surface area contributed by atoms with E-state index in [-0.39, 0.29) is 41.1 Å². The van der Waals surface area contributed by atoms with E-state index in [0.29, 0.717) is 5.92 Å². The summed E-state index contributed by atoms with van der Waals surface area (Å²) in [7, 11) is 0. The Kier molecular flexibility index (Phi) is 12.4. The Morgan fingerprint density at radius 1 is 0.647 bits per heavy atom. The number of allylic oxidation sites excluding steroid dienone is 4. The summed E-state index contributed by atoms with van der Waals surface area (Å²) in [5.41, 5.74) is 17.8. The molecule has 4 aromatic carbocycles. The minimum Gasteiger partial charge on any atom is -1.00 e. The molecule has 0 aromatic heterocycles. The number of halogens is 2. The summed E-state index contributed by atoms with van der Waals surface area (Å²) in [6.45, 7) is 30.8. The molecule has 51 heavy (non-hydrogen) atoms. The third-order valence-electron chi connectivity index (χ3n) is 10.9. The number of benzene rings is 4. The molecule has 1 atom stereocenters. The second-order valence-electron chi connectivity index (χ2n) is 17.9. The van der Waals surface area contributed by atoms with Crippen LogP contribution in [0.5, 0.6) is 0 Å². The van der Waals surface area contributed by atoms with Gasteiger partial charge in [0.05, 0.1) is 0 Å². The first-order valence-electron chi connectivity index (χ1n) is 18.5. The number of hydrogen-bond donors (Lipinski definition) is 0. The largest absolute Gasteiger partial charge is 1.00 e. The maximum Gasteiger partial charge on any atom is -1.00 e. The van der Waals surface area contributed by atoms with Crippen molar-refractivity contribution in [3.63, 3.8) is 0 Å². The number of hydrogen-bond acceptors (Lipinski definition) is 0. The van der Waals surface area contributed by atoms with Gasteiger partial charge in [-0.05, 0) is 0 Å². The summed E-state index contributed by atoms with van der Waals surface area (Å²) in [5, 5.41) is 0. The van der Waals surface area contributed by atoms with E-state index in [9.17, 15) is 0 Å². The van der Waals surface area contributed by atoms with Crippen molar-refractivity contribution in [1.82, 2.24) is 0 Å². The number of rotatable bonds is 5. The van der Waals surface area contributed by atoms with E-state index in [0.717, 1.165) is 12.8 Å². The van der Waals surface area contributed by atoms with Crippen LogP contribution in [-0.4, -0.2) is 3.21 Å². The van der Waals surface area contributed by atoms with Gasteiger partial charge in [0.2, 0.25) is 0 Å². The third-order valence-corrected chi connectivity index (χ3v) is 19.2. The van der Waals surface area contributed by atoms with E-state index in [2.05, 4.69) is 175 Å². The molecule has 0 nitrogen and oxygen atoms in total. The van der Waals surface area contributed by atoms with Crippen LogP contribution in [0.25, 0.3) is 11.1 Å². The van der Waals surface area contributed by atoms with Crippen LogP contribution < -0.4 is 28.1 Å². The molecule has 4 aromatic rings. The molecule has 268 valence electrons.